The van der Waals surface area contributed by atoms with Crippen LogP contribution in [0.1, 0.15) is 99.1 Å². The van der Waals surface area contributed by atoms with Crippen LogP contribution in [0.5, 0.6) is 0 Å². The predicted molar refractivity (Wildman–Crippen MR) is 131 cm³/mol. The third-order valence-electron chi connectivity index (χ3n) is 6.43. The number of benzene rings is 2. The van der Waals surface area contributed by atoms with Gasteiger partial charge in [-0.05, 0) is 59.1 Å². The van der Waals surface area contributed by atoms with Gasteiger partial charge in [0.2, 0.25) is 0 Å². The van der Waals surface area contributed by atoms with Crippen molar-refractivity contribution in [1.29, 1.82) is 0 Å². The minimum atomic E-state index is -0.0776. The Bertz CT molecular complexity index is 852. The fraction of sp³-hybridized carbons (Fsp3) is 0.500. The molecule has 0 radical (unpaired) electrons. The van der Waals surface area contributed by atoms with E-state index in [-0.39, 0.29) is 34.7 Å². The molecule has 4 heteroatoms. The van der Waals surface area contributed by atoms with Crippen molar-refractivity contribution >= 4 is 11.8 Å². The molecule has 2 atom stereocenters. The summed E-state index contributed by atoms with van der Waals surface area (Å²) in [6.07, 6.45) is 3.86. The van der Waals surface area contributed by atoms with Gasteiger partial charge in [-0.2, -0.15) is 0 Å². The van der Waals surface area contributed by atoms with Gasteiger partial charge in [0.1, 0.15) is 0 Å². The van der Waals surface area contributed by atoms with Gasteiger partial charge in [0.05, 0.1) is 0 Å². The van der Waals surface area contributed by atoms with Crippen LogP contribution in [-0.2, 0) is 10.8 Å². The molecule has 0 bridgehead atoms. The molecule has 2 aromatic rings. The van der Waals surface area contributed by atoms with Crippen molar-refractivity contribution in [2.24, 2.45) is 0 Å². The molecule has 0 aromatic heterocycles. The van der Waals surface area contributed by atoms with E-state index in [2.05, 4.69) is 52.2 Å². The zero-order valence-corrected chi connectivity index (χ0v) is 20.4. The summed E-state index contributed by atoms with van der Waals surface area (Å²) in [7, 11) is 0. The van der Waals surface area contributed by atoms with Gasteiger partial charge in [-0.3, -0.25) is 9.59 Å². The van der Waals surface area contributed by atoms with Crippen LogP contribution >= 0.6 is 0 Å². The van der Waals surface area contributed by atoms with Crippen LogP contribution in [0.15, 0.2) is 48.5 Å². The lowest BCUT2D eigenvalue weighted by molar-refractivity contribution is 0.0863. The number of hydrogen-bond acceptors (Lipinski definition) is 2. The van der Waals surface area contributed by atoms with Gasteiger partial charge < -0.3 is 10.6 Å². The summed E-state index contributed by atoms with van der Waals surface area (Å²) >= 11 is 0. The lowest BCUT2D eigenvalue weighted by atomic mass is 9.86. The Morgan fingerprint density at radius 2 is 0.938 bits per heavy atom. The molecule has 1 fully saturated rings. The highest BCUT2D eigenvalue weighted by atomic mass is 16.2. The zero-order valence-electron chi connectivity index (χ0n) is 20.4. The predicted octanol–water partition coefficient (Wildman–Crippen LogP) is 5.75. The largest absolute Gasteiger partial charge is 0.347 e. The van der Waals surface area contributed by atoms with Gasteiger partial charge in [-0.1, -0.05) is 78.6 Å². The number of amides is 2. The second kappa shape index (κ2) is 9.48. The van der Waals surface area contributed by atoms with E-state index in [4.69, 9.17) is 0 Å². The van der Waals surface area contributed by atoms with Gasteiger partial charge in [0.25, 0.3) is 11.8 Å². The average Bonchev–Trinajstić information content (AvgIpc) is 2.74. The SMILES string of the molecule is CC(C)(C)c1ccc(C(=O)N[C@H]2CCCC[C@@H]2NC(=O)c2ccc(C(C)(C)C)cc2)cc1. The van der Waals surface area contributed by atoms with Crippen LogP contribution in [0.2, 0.25) is 0 Å². The lowest BCUT2D eigenvalue weighted by Crippen LogP contribution is -2.53. The molecule has 0 aliphatic heterocycles. The van der Waals surface area contributed by atoms with Gasteiger partial charge in [0.15, 0.2) is 0 Å². The minimum Gasteiger partial charge on any atom is -0.347 e. The van der Waals surface area contributed by atoms with Crippen LogP contribution in [0.25, 0.3) is 0 Å². The first-order chi connectivity index (χ1) is 14.9. The third kappa shape index (κ3) is 5.99. The smallest absolute Gasteiger partial charge is 0.251 e. The second-order valence-corrected chi connectivity index (χ2v) is 11.1. The Hall–Kier alpha value is -2.62. The Morgan fingerprint density at radius 1 is 0.625 bits per heavy atom. The fourth-order valence-corrected chi connectivity index (χ4v) is 4.22. The molecule has 3 rings (SSSR count). The van der Waals surface area contributed by atoms with Crippen LogP contribution in [0, 0.1) is 0 Å². The normalized spacial score (nSPS) is 19.3. The van der Waals surface area contributed by atoms with Crippen molar-refractivity contribution < 1.29 is 9.59 Å². The number of rotatable bonds is 4. The molecule has 1 saturated carbocycles. The first kappa shape index (κ1) is 24.0. The summed E-state index contributed by atoms with van der Waals surface area (Å²) in [4.78, 5) is 25.8. The van der Waals surface area contributed by atoms with E-state index in [1.165, 1.54) is 11.1 Å². The topological polar surface area (TPSA) is 58.2 Å². The van der Waals surface area contributed by atoms with Crippen molar-refractivity contribution in [2.75, 3.05) is 0 Å². The van der Waals surface area contributed by atoms with Crippen molar-refractivity contribution in [1.82, 2.24) is 10.6 Å². The molecule has 2 N–H and O–H groups in total. The minimum absolute atomic E-state index is 0.0544. The summed E-state index contributed by atoms with van der Waals surface area (Å²) in [5.74, 6) is -0.155. The van der Waals surface area contributed by atoms with Crippen LogP contribution in [-0.4, -0.2) is 23.9 Å². The summed E-state index contributed by atoms with van der Waals surface area (Å²) in [5, 5.41) is 6.35. The summed E-state index contributed by atoms with van der Waals surface area (Å²) in [6.45, 7) is 13.0. The molecule has 0 heterocycles. The number of hydrogen-bond donors (Lipinski definition) is 2. The maximum atomic E-state index is 12.9. The molecule has 2 amide bonds. The number of carbonyl (C=O) groups excluding carboxylic acids is 2. The molecule has 0 unspecified atom stereocenters. The zero-order chi connectivity index (χ0) is 23.5. The van der Waals surface area contributed by atoms with E-state index in [0.717, 1.165) is 25.7 Å². The van der Waals surface area contributed by atoms with E-state index in [1.54, 1.807) is 0 Å². The van der Waals surface area contributed by atoms with Crippen molar-refractivity contribution in [3.05, 3.63) is 70.8 Å². The van der Waals surface area contributed by atoms with Crippen LogP contribution < -0.4 is 10.6 Å². The lowest BCUT2D eigenvalue weighted by Gasteiger charge is -2.33. The Kier molecular flexibility index (Phi) is 7.12. The van der Waals surface area contributed by atoms with E-state index < -0.39 is 0 Å². The van der Waals surface area contributed by atoms with Crippen molar-refractivity contribution in [3.63, 3.8) is 0 Å². The van der Waals surface area contributed by atoms with Gasteiger partial charge in [-0.15, -0.1) is 0 Å². The molecule has 0 saturated heterocycles. The molecule has 4 nitrogen and oxygen atoms in total. The van der Waals surface area contributed by atoms with E-state index in [1.807, 2.05) is 48.5 Å². The summed E-state index contributed by atoms with van der Waals surface area (Å²) in [6, 6.07) is 15.5. The molecule has 172 valence electrons. The molecular weight excluding hydrogens is 396 g/mol. The maximum absolute atomic E-state index is 12.9. The highest BCUT2D eigenvalue weighted by Gasteiger charge is 2.28. The first-order valence-electron chi connectivity index (χ1n) is 11.8. The maximum Gasteiger partial charge on any atom is 0.251 e. The molecule has 1 aliphatic rings. The molecule has 2 aromatic carbocycles. The fourth-order valence-electron chi connectivity index (χ4n) is 4.22. The molecular formula is C28H38N2O2. The average molecular weight is 435 g/mol. The Labute approximate surface area is 193 Å². The highest BCUT2D eigenvalue weighted by Crippen LogP contribution is 2.24. The Morgan fingerprint density at radius 3 is 1.22 bits per heavy atom. The molecule has 0 spiro atoms. The standard InChI is InChI=1S/C28H38N2O2/c1-27(2,3)21-15-11-19(12-16-21)25(31)29-23-9-7-8-10-24(23)30-26(32)20-13-17-22(18-14-20)28(4,5)6/h11-18,23-24H,7-10H2,1-6H3,(H,29,31)(H,30,32)/t23-,24-/m0/s1. The number of carbonyl (C=O) groups is 2. The van der Waals surface area contributed by atoms with Crippen molar-refractivity contribution in [2.45, 2.75) is 90.1 Å². The Balaban J connectivity index is 1.65. The van der Waals surface area contributed by atoms with Crippen LogP contribution in [0.3, 0.4) is 0 Å². The quantitative estimate of drug-likeness (QED) is 0.643. The monoisotopic (exact) mass is 434 g/mol. The van der Waals surface area contributed by atoms with E-state index >= 15 is 0 Å². The van der Waals surface area contributed by atoms with E-state index in [9.17, 15) is 9.59 Å². The molecule has 1 aliphatic carbocycles. The van der Waals surface area contributed by atoms with Gasteiger partial charge >= 0.3 is 0 Å². The second-order valence-electron chi connectivity index (χ2n) is 11.1. The summed E-state index contributed by atoms with van der Waals surface area (Å²) < 4.78 is 0. The molecule has 32 heavy (non-hydrogen) atoms. The van der Waals surface area contributed by atoms with Crippen molar-refractivity contribution in [3.8, 4) is 0 Å². The van der Waals surface area contributed by atoms with Gasteiger partial charge in [-0.25, -0.2) is 0 Å². The highest BCUT2D eigenvalue weighted by molar-refractivity contribution is 5.95. The first-order valence-corrected chi connectivity index (χ1v) is 11.8. The van der Waals surface area contributed by atoms with E-state index in [0.29, 0.717) is 11.1 Å². The van der Waals surface area contributed by atoms with Gasteiger partial charge in [0, 0.05) is 23.2 Å². The third-order valence-corrected chi connectivity index (χ3v) is 6.43. The summed E-state index contributed by atoms with van der Waals surface area (Å²) in [5.41, 5.74) is 3.83. The van der Waals surface area contributed by atoms with Crippen LogP contribution in [0.4, 0.5) is 0 Å². The number of nitrogens with one attached hydrogen (secondary N) is 2.